The first-order valence-electron chi connectivity index (χ1n) is 8.92. The van der Waals surface area contributed by atoms with Crippen molar-refractivity contribution in [1.82, 2.24) is 5.32 Å². The SMILES string of the molecule is CCOC(=O)CC(CC(C)(C)C)NCc1cc(OC)c(OC)c(OC)c1. The largest absolute Gasteiger partial charge is 0.493 e. The van der Waals surface area contributed by atoms with Crippen LogP contribution in [0, 0.1) is 5.41 Å². The summed E-state index contributed by atoms with van der Waals surface area (Å²) in [7, 11) is 4.77. The maximum atomic E-state index is 11.9. The number of carbonyl (C=O) groups excluding carboxylic acids is 1. The molecule has 6 heteroatoms. The summed E-state index contributed by atoms with van der Waals surface area (Å²) < 4.78 is 21.3. The third-order valence-electron chi connectivity index (χ3n) is 3.90. The van der Waals surface area contributed by atoms with Crippen LogP contribution in [-0.2, 0) is 16.1 Å². The summed E-state index contributed by atoms with van der Waals surface area (Å²) in [6.07, 6.45) is 1.20. The molecule has 1 N–H and O–H groups in total. The molecule has 1 rings (SSSR count). The molecule has 148 valence electrons. The summed E-state index contributed by atoms with van der Waals surface area (Å²) in [5.74, 6) is 1.61. The molecular formula is C20H33NO5. The summed E-state index contributed by atoms with van der Waals surface area (Å²) in [5, 5.41) is 3.47. The molecule has 0 aliphatic rings. The third kappa shape index (κ3) is 7.12. The molecule has 1 aromatic carbocycles. The Morgan fingerprint density at radius 2 is 1.65 bits per heavy atom. The summed E-state index contributed by atoms with van der Waals surface area (Å²) in [6, 6.07) is 3.84. The smallest absolute Gasteiger partial charge is 0.307 e. The van der Waals surface area contributed by atoms with Crippen LogP contribution in [-0.4, -0.2) is 39.9 Å². The molecule has 0 saturated heterocycles. The van der Waals surface area contributed by atoms with Gasteiger partial charge in [-0.25, -0.2) is 0 Å². The van der Waals surface area contributed by atoms with Gasteiger partial charge in [0.05, 0.1) is 34.4 Å². The average Bonchev–Trinajstić information content (AvgIpc) is 2.57. The highest BCUT2D eigenvalue weighted by molar-refractivity contribution is 5.70. The molecule has 26 heavy (non-hydrogen) atoms. The van der Waals surface area contributed by atoms with Crippen LogP contribution in [0.25, 0.3) is 0 Å². The van der Waals surface area contributed by atoms with Crippen molar-refractivity contribution in [2.24, 2.45) is 5.41 Å². The van der Waals surface area contributed by atoms with Gasteiger partial charge in [0, 0.05) is 12.6 Å². The number of methoxy groups -OCH3 is 3. The number of esters is 1. The fourth-order valence-corrected chi connectivity index (χ4v) is 2.88. The van der Waals surface area contributed by atoms with Crippen LogP contribution in [0.3, 0.4) is 0 Å². The Morgan fingerprint density at radius 3 is 2.08 bits per heavy atom. The minimum absolute atomic E-state index is 0.0214. The number of hydrogen-bond donors (Lipinski definition) is 1. The fraction of sp³-hybridized carbons (Fsp3) is 0.650. The molecule has 1 atom stereocenters. The molecule has 0 amide bonds. The minimum atomic E-state index is -0.181. The summed E-state index contributed by atoms with van der Waals surface area (Å²) >= 11 is 0. The van der Waals surface area contributed by atoms with Crippen molar-refractivity contribution < 1.29 is 23.7 Å². The van der Waals surface area contributed by atoms with Gasteiger partial charge in [0.2, 0.25) is 5.75 Å². The van der Waals surface area contributed by atoms with Crippen LogP contribution in [0.2, 0.25) is 0 Å². The molecule has 0 heterocycles. The molecule has 0 fully saturated rings. The van der Waals surface area contributed by atoms with Crippen LogP contribution in [0.1, 0.15) is 46.1 Å². The second-order valence-corrected chi connectivity index (χ2v) is 7.39. The maximum Gasteiger partial charge on any atom is 0.307 e. The number of nitrogens with one attached hydrogen (secondary N) is 1. The zero-order valence-electron chi connectivity index (χ0n) is 17.1. The topological polar surface area (TPSA) is 66.0 Å². The van der Waals surface area contributed by atoms with Crippen molar-refractivity contribution in [1.29, 1.82) is 0 Å². The Labute approximate surface area is 157 Å². The summed E-state index contributed by atoms with van der Waals surface area (Å²) in [4.78, 5) is 11.9. The van der Waals surface area contributed by atoms with Crippen molar-refractivity contribution in [3.05, 3.63) is 17.7 Å². The van der Waals surface area contributed by atoms with Crippen LogP contribution >= 0.6 is 0 Å². The van der Waals surface area contributed by atoms with Crippen molar-refractivity contribution in [2.45, 2.75) is 53.1 Å². The van der Waals surface area contributed by atoms with E-state index < -0.39 is 0 Å². The van der Waals surface area contributed by atoms with Gasteiger partial charge < -0.3 is 24.3 Å². The van der Waals surface area contributed by atoms with Crippen LogP contribution in [0.15, 0.2) is 12.1 Å². The molecule has 0 saturated carbocycles. The summed E-state index contributed by atoms with van der Waals surface area (Å²) in [5.41, 5.74) is 1.08. The molecule has 1 aromatic rings. The zero-order valence-corrected chi connectivity index (χ0v) is 17.1. The van der Waals surface area contributed by atoms with Crippen LogP contribution in [0.5, 0.6) is 17.2 Å². The second-order valence-electron chi connectivity index (χ2n) is 7.39. The van der Waals surface area contributed by atoms with Crippen LogP contribution in [0.4, 0.5) is 0 Å². The lowest BCUT2D eigenvalue weighted by atomic mass is 9.87. The van der Waals surface area contributed by atoms with Gasteiger partial charge in [-0.3, -0.25) is 4.79 Å². The van der Waals surface area contributed by atoms with E-state index in [4.69, 9.17) is 18.9 Å². The number of hydrogen-bond acceptors (Lipinski definition) is 6. The number of benzene rings is 1. The van der Waals surface area contributed by atoms with Gasteiger partial charge in [-0.1, -0.05) is 20.8 Å². The van der Waals surface area contributed by atoms with Crippen LogP contribution < -0.4 is 19.5 Å². The fourth-order valence-electron chi connectivity index (χ4n) is 2.88. The number of carbonyl (C=O) groups is 1. The van der Waals surface area contributed by atoms with E-state index in [0.29, 0.717) is 36.8 Å². The van der Waals surface area contributed by atoms with E-state index in [1.54, 1.807) is 21.3 Å². The highest BCUT2D eigenvalue weighted by atomic mass is 16.5. The quantitative estimate of drug-likeness (QED) is 0.638. The number of rotatable bonds is 10. The van der Waals surface area contributed by atoms with Gasteiger partial charge in [0.1, 0.15) is 0 Å². The third-order valence-corrected chi connectivity index (χ3v) is 3.90. The molecule has 0 bridgehead atoms. The van der Waals surface area contributed by atoms with Gasteiger partial charge >= 0.3 is 5.97 Å². The molecule has 1 unspecified atom stereocenters. The normalized spacial score (nSPS) is 12.4. The molecule has 0 spiro atoms. The van der Waals surface area contributed by atoms with Crippen molar-refractivity contribution in [2.75, 3.05) is 27.9 Å². The molecule has 0 aliphatic carbocycles. The maximum absolute atomic E-state index is 11.9. The van der Waals surface area contributed by atoms with E-state index in [0.717, 1.165) is 12.0 Å². The predicted molar refractivity (Wildman–Crippen MR) is 102 cm³/mol. The monoisotopic (exact) mass is 367 g/mol. The van der Waals surface area contributed by atoms with Gasteiger partial charge in [-0.15, -0.1) is 0 Å². The molecule has 0 aromatic heterocycles. The van der Waals surface area contributed by atoms with E-state index in [-0.39, 0.29) is 17.4 Å². The predicted octanol–water partition coefficient (Wildman–Crippen LogP) is 3.56. The first kappa shape index (κ1) is 22.1. The lowest BCUT2D eigenvalue weighted by molar-refractivity contribution is -0.143. The molecule has 0 aliphatic heterocycles. The second kappa shape index (κ2) is 10.3. The van der Waals surface area contributed by atoms with Crippen molar-refractivity contribution in [3.63, 3.8) is 0 Å². The van der Waals surface area contributed by atoms with Gasteiger partial charge in [-0.05, 0) is 36.5 Å². The average molecular weight is 367 g/mol. The van der Waals surface area contributed by atoms with Gasteiger partial charge in [0.15, 0.2) is 11.5 Å². The standard InChI is InChI=1S/C20H33NO5/c1-8-26-18(22)11-15(12-20(2,3)4)21-13-14-9-16(23-5)19(25-7)17(10-14)24-6/h9-10,15,21H,8,11-13H2,1-7H3. The number of ether oxygens (including phenoxy) is 4. The van der Waals surface area contributed by atoms with E-state index >= 15 is 0 Å². The van der Waals surface area contributed by atoms with Gasteiger partial charge in [0.25, 0.3) is 0 Å². The van der Waals surface area contributed by atoms with E-state index in [1.807, 2.05) is 19.1 Å². The minimum Gasteiger partial charge on any atom is -0.493 e. The van der Waals surface area contributed by atoms with E-state index in [2.05, 4.69) is 26.1 Å². The Kier molecular flexibility index (Phi) is 8.72. The lowest BCUT2D eigenvalue weighted by Crippen LogP contribution is -2.35. The molecule has 0 radical (unpaired) electrons. The Balaban J connectivity index is 2.91. The molecular weight excluding hydrogens is 334 g/mol. The Bertz CT molecular complexity index is 555. The lowest BCUT2D eigenvalue weighted by Gasteiger charge is -2.26. The first-order chi connectivity index (χ1) is 12.2. The van der Waals surface area contributed by atoms with Crippen molar-refractivity contribution in [3.8, 4) is 17.2 Å². The van der Waals surface area contributed by atoms with Gasteiger partial charge in [-0.2, -0.15) is 0 Å². The highest BCUT2D eigenvalue weighted by Gasteiger charge is 2.22. The Hall–Kier alpha value is -1.95. The first-order valence-corrected chi connectivity index (χ1v) is 8.92. The van der Waals surface area contributed by atoms with Crippen molar-refractivity contribution >= 4 is 5.97 Å². The zero-order chi connectivity index (χ0) is 19.7. The highest BCUT2D eigenvalue weighted by Crippen LogP contribution is 2.38. The van der Waals surface area contributed by atoms with E-state index in [9.17, 15) is 4.79 Å². The van der Waals surface area contributed by atoms with E-state index in [1.165, 1.54) is 0 Å². The molecule has 6 nitrogen and oxygen atoms in total. The summed E-state index contributed by atoms with van der Waals surface area (Å²) in [6.45, 7) is 9.27. The Morgan fingerprint density at radius 1 is 1.08 bits per heavy atom.